The first-order valence-electron chi connectivity index (χ1n) is 5.63. The summed E-state index contributed by atoms with van der Waals surface area (Å²) in [6, 6.07) is 8.60. The molecule has 0 aliphatic rings. The standard InChI is InChI=1S/C12H12BrClN2O2S2/c1-15-20(17,18)10-4-2-3-8(5-10)16-7-9-6-11(13)12(14)19-9/h2-6,15-16H,7H2,1H3. The smallest absolute Gasteiger partial charge is 0.240 e. The van der Waals surface area contributed by atoms with Crippen LogP contribution in [0, 0.1) is 0 Å². The fourth-order valence-corrected chi connectivity index (χ4v) is 4.06. The van der Waals surface area contributed by atoms with Crippen molar-refractivity contribution in [3.05, 3.63) is 44.0 Å². The topological polar surface area (TPSA) is 58.2 Å². The Morgan fingerprint density at radius 2 is 2.10 bits per heavy atom. The Morgan fingerprint density at radius 3 is 2.70 bits per heavy atom. The zero-order valence-electron chi connectivity index (χ0n) is 10.5. The highest BCUT2D eigenvalue weighted by atomic mass is 79.9. The number of sulfonamides is 1. The van der Waals surface area contributed by atoms with E-state index in [4.69, 9.17) is 11.6 Å². The molecule has 0 saturated heterocycles. The monoisotopic (exact) mass is 394 g/mol. The average Bonchev–Trinajstić information content (AvgIpc) is 2.76. The highest BCUT2D eigenvalue weighted by Gasteiger charge is 2.11. The van der Waals surface area contributed by atoms with Crippen LogP contribution in [-0.4, -0.2) is 15.5 Å². The molecule has 1 heterocycles. The molecule has 20 heavy (non-hydrogen) atoms. The van der Waals surface area contributed by atoms with Gasteiger partial charge >= 0.3 is 0 Å². The van der Waals surface area contributed by atoms with Crippen molar-refractivity contribution in [3.63, 3.8) is 0 Å². The molecule has 0 amide bonds. The number of nitrogens with one attached hydrogen (secondary N) is 2. The number of halogens is 2. The number of thiophene rings is 1. The van der Waals surface area contributed by atoms with Crippen LogP contribution in [0.15, 0.2) is 39.7 Å². The van der Waals surface area contributed by atoms with Crippen LogP contribution >= 0.6 is 38.9 Å². The van der Waals surface area contributed by atoms with Crippen LogP contribution in [0.1, 0.15) is 4.88 Å². The van der Waals surface area contributed by atoms with Crippen LogP contribution in [0.3, 0.4) is 0 Å². The lowest BCUT2D eigenvalue weighted by molar-refractivity contribution is 0.588. The van der Waals surface area contributed by atoms with E-state index in [2.05, 4.69) is 26.0 Å². The summed E-state index contributed by atoms with van der Waals surface area (Å²) < 4.78 is 27.3. The Morgan fingerprint density at radius 1 is 1.35 bits per heavy atom. The van der Waals surface area contributed by atoms with Crippen LogP contribution in [0.5, 0.6) is 0 Å². The van der Waals surface area contributed by atoms with E-state index < -0.39 is 10.0 Å². The third-order valence-electron chi connectivity index (χ3n) is 2.58. The predicted molar refractivity (Wildman–Crippen MR) is 87.0 cm³/mol. The fraction of sp³-hybridized carbons (Fsp3) is 0.167. The van der Waals surface area contributed by atoms with Crippen molar-refractivity contribution in [1.29, 1.82) is 0 Å². The molecule has 2 N–H and O–H groups in total. The van der Waals surface area contributed by atoms with Crippen LogP contribution in [0.4, 0.5) is 5.69 Å². The van der Waals surface area contributed by atoms with Crippen LogP contribution < -0.4 is 10.0 Å². The molecule has 8 heteroatoms. The van der Waals surface area contributed by atoms with Gasteiger partial charge in [-0.1, -0.05) is 17.7 Å². The van der Waals surface area contributed by atoms with Gasteiger partial charge in [0.2, 0.25) is 10.0 Å². The molecule has 0 aliphatic carbocycles. The Labute approximate surface area is 135 Å². The molecule has 1 aromatic heterocycles. The van der Waals surface area contributed by atoms with Gasteiger partial charge in [-0.05, 0) is 47.2 Å². The van der Waals surface area contributed by atoms with Gasteiger partial charge in [-0.25, -0.2) is 13.1 Å². The number of anilines is 1. The average molecular weight is 396 g/mol. The molecule has 0 atom stereocenters. The maximum atomic E-state index is 11.7. The summed E-state index contributed by atoms with van der Waals surface area (Å²) in [6.45, 7) is 0.582. The van der Waals surface area contributed by atoms with Gasteiger partial charge in [0, 0.05) is 21.6 Å². The highest BCUT2D eigenvalue weighted by Crippen LogP contribution is 2.32. The van der Waals surface area contributed by atoms with E-state index in [0.717, 1.165) is 15.0 Å². The van der Waals surface area contributed by atoms with Crippen LogP contribution in [0.25, 0.3) is 0 Å². The van der Waals surface area contributed by atoms with Gasteiger partial charge < -0.3 is 5.32 Å². The van der Waals surface area contributed by atoms with E-state index in [9.17, 15) is 8.42 Å². The van der Waals surface area contributed by atoms with Gasteiger partial charge in [0.15, 0.2) is 0 Å². The SMILES string of the molecule is CNS(=O)(=O)c1cccc(NCc2cc(Br)c(Cl)s2)c1. The minimum absolute atomic E-state index is 0.232. The van der Waals surface area contributed by atoms with Crippen LogP contribution in [-0.2, 0) is 16.6 Å². The summed E-state index contributed by atoms with van der Waals surface area (Å²) in [4.78, 5) is 1.29. The summed E-state index contributed by atoms with van der Waals surface area (Å²) in [5, 5.41) is 3.18. The number of benzene rings is 1. The molecule has 1 aromatic carbocycles. The van der Waals surface area contributed by atoms with Crippen molar-refractivity contribution in [2.45, 2.75) is 11.4 Å². The minimum atomic E-state index is -3.42. The molecule has 0 spiro atoms. The summed E-state index contributed by atoms with van der Waals surface area (Å²) in [5.74, 6) is 0. The number of hydrogen-bond acceptors (Lipinski definition) is 4. The first-order chi connectivity index (χ1) is 9.42. The number of hydrogen-bond donors (Lipinski definition) is 2. The second kappa shape index (κ2) is 6.44. The molecule has 2 aromatic rings. The van der Waals surface area contributed by atoms with Gasteiger partial charge in [0.25, 0.3) is 0 Å². The molecule has 4 nitrogen and oxygen atoms in total. The predicted octanol–water partition coefficient (Wildman–Crippen LogP) is 3.68. The Balaban J connectivity index is 2.12. The maximum absolute atomic E-state index is 11.7. The van der Waals surface area contributed by atoms with Gasteiger partial charge in [0.1, 0.15) is 4.34 Å². The molecule has 108 valence electrons. The minimum Gasteiger partial charge on any atom is -0.380 e. The van der Waals surface area contributed by atoms with Crippen molar-refractivity contribution < 1.29 is 8.42 Å². The van der Waals surface area contributed by atoms with E-state index in [1.807, 2.05) is 12.1 Å². The zero-order valence-corrected chi connectivity index (χ0v) is 14.5. The second-order valence-corrected chi connectivity index (χ2v) is 8.40. The summed E-state index contributed by atoms with van der Waals surface area (Å²) in [7, 11) is -2.03. The quantitative estimate of drug-likeness (QED) is 0.812. The van der Waals surface area contributed by atoms with Crippen molar-refractivity contribution in [2.75, 3.05) is 12.4 Å². The molecule has 0 radical (unpaired) electrons. The Bertz CT molecular complexity index is 696. The molecule has 0 bridgehead atoms. The lowest BCUT2D eigenvalue weighted by atomic mass is 10.3. The summed E-state index contributed by atoms with van der Waals surface area (Å²) >= 11 is 10.8. The third-order valence-corrected chi connectivity index (χ3v) is 6.46. The lowest BCUT2D eigenvalue weighted by Crippen LogP contribution is -2.18. The summed E-state index contributed by atoms with van der Waals surface area (Å²) in [5.41, 5.74) is 0.738. The molecule has 2 rings (SSSR count). The maximum Gasteiger partial charge on any atom is 0.240 e. The first-order valence-corrected chi connectivity index (χ1v) is 9.10. The normalized spacial score (nSPS) is 11.6. The number of rotatable bonds is 5. The molecule has 0 aliphatic heterocycles. The van der Waals surface area contributed by atoms with E-state index in [1.54, 1.807) is 18.2 Å². The second-order valence-electron chi connectivity index (χ2n) is 3.92. The molecular formula is C12H12BrClN2O2S2. The summed E-state index contributed by atoms with van der Waals surface area (Å²) in [6.07, 6.45) is 0. The molecular weight excluding hydrogens is 384 g/mol. The zero-order chi connectivity index (χ0) is 14.8. The Kier molecular flexibility index (Phi) is 5.09. The van der Waals surface area contributed by atoms with E-state index in [1.165, 1.54) is 18.4 Å². The van der Waals surface area contributed by atoms with Gasteiger partial charge in [-0.3, -0.25) is 0 Å². The molecule has 0 saturated carbocycles. The van der Waals surface area contributed by atoms with Gasteiger partial charge in [-0.2, -0.15) is 0 Å². The third kappa shape index (κ3) is 3.73. The van der Waals surface area contributed by atoms with Gasteiger partial charge in [0.05, 0.1) is 4.90 Å². The highest BCUT2D eigenvalue weighted by molar-refractivity contribution is 9.10. The fourth-order valence-electron chi connectivity index (χ4n) is 1.56. The van der Waals surface area contributed by atoms with E-state index >= 15 is 0 Å². The van der Waals surface area contributed by atoms with Crippen molar-refractivity contribution in [2.24, 2.45) is 0 Å². The molecule has 0 fully saturated rings. The molecule has 0 unspecified atom stereocenters. The van der Waals surface area contributed by atoms with Crippen molar-refractivity contribution in [1.82, 2.24) is 4.72 Å². The van der Waals surface area contributed by atoms with E-state index in [-0.39, 0.29) is 4.90 Å². The van der Waals surface area contributed by atoms with Crippen LogP contribution in [0.2, 0.25) is 4.34 Å². The lowest BCUT2D eigenvalue weighted by Gasteiger charge is -2.07. The first kappa shape index (κ1) is 15.8. The van der Waals surface area contributed by atoms with Gasteiger partial charge in [-0.15, -0.1) is 11.3 Å². The van der Waals surface area contributed by atoms with E-state index in [0.29, 0.717) is 10.9 Å². The Hall–Kier alpha value is -0.600. The van der Waals surface area contributed by atoms with Crippen molar-refractivity contribution in [3.8, 4) is 0 Å². The van der Waals surface area contributed by atoms with Crippen molar-refractivity contribution >= 4 is 54.6 Å². The largest absolute Gasteiger partial charge is 0.380 e.